The molecule has 0 N–H and O–H groups in total. The number of hydrogen-bond donors (Lipinski definition) is 0. The molecule has 42 heavy (non-hydrogen) atoms. The van der Waals surface area contributed by atoms with E-state index in [0.29, 0.717) is 12.1 Å². The number of benzene rings is 3. The second-order valence-electron chi connectivity index (χ2n) is 12.9. The molecule has 3 aliphatic heterocycles. The van der Waals surface area contributed by atoms with Gasteiger partial charge >= 0.3 is 5.97 Å². The molecule has 3 heterocycles. The van der Waals surface area contributed by atoms with Gasteiger partial charge in [0.15, 0.2) is 0 Å². The summed E-state index contributed by atoms with van der Waals surface area (Å²) in [6, 6.07) is 26.2. The molecule has 0 aliphatic carbocycles. The van der Waals surface area contributed by atoms with Gasteiger partial charge in [0.2, 0.25) is 0 Å². The van der Waals surface area contributed by atoms with E-state index in [1.165, 1.54) is 68.9 Å². The molecule has 2 saturated heterocycles. The molecule has 5 heteroatoms. The summed E-state index contributed by atoms with van der Waals surface area (Å²) in [5.41, 5.74) is 4.70. The number of rotatable bonds is 11. The van der Waals surface area contributed by atoms with Gasteiger partial charge in [0.25, 0.3) is 0 Å². The average Bonchev–Trinajstić information content (AvgIpc) is 3.13. The number of unbranched alkanes of at least 4 members (excludes halogenated alkanes) is 5. The SMILES string of the molecule is CCCCCCCCc1ccc(C[N+]2(C)[C@@H]3CC[C@H]2CC(OC(=O)C2c4ccccc4Oc4ccccc42)C3)cc1.[Br-]. The first kappa shape index (κ1) is 30.8. The zero-order chi connectivity index (χ0) is 28.2. The van der Waals surface area contributed by atoms with E-state index in [4.69, 9.17) is 9.47 Å². The second-order valence-corrected chi connectivity index (χ2v) is 12.9. The van der Waals surface area contributed by atoms with E-state index < -0.39 is 5.92 Å². The number of aryl methyl sites for hydroxylation is 1. The number of esters is 1. The van der Waals surface area contributed by atoms with Gasteiger partial charge in [0, 0.05) is 42.4 Å². The Hall–Kier alpha value is -2.63. The van der Waals surface area contributed by atoms with E-state index in [1.807, 2.05) is 48.5 Å². The molecule has 224 valence electrons. The molecule has 0 amide bonds. The predicted molar refractivity (Wildman–Crippen MR) is 164 cm³/mol. The van der Waals surface area contributed by atoms with Gasteiger partial charge in [-0.2, -0.15) is 0 Å². The van der Waals surface area contributed by atoms with Crippen molar-refractivity contribution < 1.29 is 35.7 Å². The van der Waals surface area contributed by atoms with Crippen LogP contribution in [0.5, 0.6) is 11.5 Å². The van der Waals surface area contributed by atoms with Gasteiger partial charge < -0.3 is 30.9 Å². The minimum absolute atomic E-state index is 0. The van der Waals surface area contributed by atoms with Crippen molar-refractivity contribution in [2.24, 2.45) is 0 Å². The number of carbonyl (C=O) groups is 1. The van der Waals surface area contributed by atoms with Crippen LogP contribution in [0.15, 0.2) is 72.8 Å². The third kappa shape index (κ3) is 6.48. The molecule has 6 rings (SSSR count). The lowest BCUT2D eigenvalue weighted by atomic mass is 9.88. The summed E-state index contributed by atoms with van der Waals surface area (Å²) in [7, 11) is 2.44. The summed E-state index contributed by atoms with van der Waals surface area (Å²) < 4.78 is 13.5. The molecule has 4 nitrogen and oxygen atoms in total. The van der Waals surface area contributed by atoms with E-state index in [9.17, 15) is 4.79 Å². The maximum Gasteiger partial charge on any atom is 0.318 e. The highest BCUT2D eigenvalue weighted by Crippen LogP contribution is 2.47. The molecule has 0 saturated carbocycles. The third-order valence-electron chi connectivity index (χ3n) is 10.1. The van der Waals surface area contributed by atoms with Gasteiger partial charge in [0.05, 0.1) is 19.1 Å². The van der Waals surface area contributed by atoms with Crippen LogP contribution in [0.3, 0.4) is 0 Å². The molecular formula is C37H46BrNO3. The van der Waals surface area contributed by atoms with Gasteiger partial charge in [-0.25, -0.2) is 0 Å². The largest absolute Gasteiger partial charge is 1.00 e. The van der Waals surface area contributed by atoms with E-state index in [0.717, 1.165) is 46.5 Å². The van der Waals surface area contributed by atoms with Crippen molar-refractivity contribution in [3.63, 3.8) is 0 Å². The van der Waals surface area contributed by atoms with E-state index in [-0.39, 0.29) is 29.1 Å². The summed E-state index contributed by atoms with van der Waals surface area (Å²) in [5.74, 6) is 0.916. The second kappa shape index (κ2) is 13.8. The van der Waals surface area contributed by atoms with E-state index >= 15 is 0 Å². The van der Waals surface area contributed by atoms with Crippen LogP contribution in [0.25, 0.3) is 0 Å². The topological polar surface area (TPSA) is 35.5 Å². The summed E-state index contributed by atoms with van der Waals surface area (Å²) >= 11 is 0. The Morgan fingerprint density at radius 2 is 1.33 bits per heavy atom. The van der Waals surface area contributed by atoms with Gasteiger partial charge in [-0.15, -0.1) is 0 Å². The molecular weight excluding hydrogens is 586 g/mol. The lowest BCUT2D eigenvalue weighted by molar-refractivity contribution is -0.961. The molecule has 3 aromatic rings. The van der Waals surface area contributed by atoms with E-state index in [2.05, 4.69) is 38.2 Å². The van der Waals surface area contributed by atoms with Crippen LogP contribution in [0.4, 0.5) is 0 Å². The van der Waals surface area contributed by atoms with Crippen molar-refractivity contribution in [1.82, 2.24) is 0 Å². The predicted octanol–water partition coefficient (Wildman–Crippen LogP) is 5.71. The first-order valence-electron chi connectivity index (χ1n) is 16.0. The zero-order valence-corrected chi connectivity index (χ0v) is 26.9. The Labute approximate surface area is 262 Å². The van der Waals surface area contributed by atoms with Gasteiger partial charge in [-0.1, -0.05) is 99.7 Å². The van der Waals surface area contributed by atoms with Crippen molar-refractivity contribution in [3.05, 3.63) is 95.1 Å². The minimum Gasteiger partial charge on any atom is -1.00 e. The normalized spacial score (nSPS) is 24.2. The number of carbonyl (C=O) groups excluding carboxylic acids is 1. The smallest absolute Gasteiger partial charge is 0.318 e. The van der Waals surface area contributed by atoms with Gasteiger partial charge in [-0.3, -0.25) is 4.79 Å². The van der Waals surface area contributed by atoms with Crippen LogP contribution >= 0.6 is 0 Å². The molecule has 2 unspecified atom stereocenters. The number of ether oxygens (including phenoxy) is 2. The Kier molecular flexibility index (Phi) is 10.1. The third-order valence-corrected chi connectivity index (χ3v) is 10.1. The molecule has 2 bridgehead atoms. The minimum atomic E-state index is -0.438. The molecule has 3 aromatic carbocycles. The molecule has 2 fully saturated rings. The molecule has 3 aliphatic rings. The number of quaternary nitrogens is 1. The summed E-state index contributed by atoms with van der Waals surface area (Å²) in [5, 5.41) is 0. The van der Waals surface area contributed by atoms with Gasteiger partial charge in [0.1, 0.15) is 30.1 Å². The van der Waals surface area contributed by atoms with Crippen molar-refractivity contribution in [2.45, 2.75) is 108 Å². The van der Waals surface area contributed by atoms with Crippen LogP contribution in [-0.4, -0.2) is 35.7 Å². The van der Waals surface area contributed by atoms with Crippen molar-refractivity contribution in [2.75, 3.05) is 7.05 Å². The van der Waals surface area contributed by atoms with Crippen molar-refractivity contribution in [3.8, 4) is 11.5 Å². The van der Waals surface area contributed by atoms with Crippen molar-refractivity contribution in [1.29, 1.82) is 0 Å². The highest BCUT2D eigenvalue weighted by molar-refractivity contribution is 5.85. The number of piperidine rings is 1. The maximum atomic E-state index is 13.8. The Balaban J connectivity index is 0.00000353. The Morgan fingerprint density at radius 3 is 1.95 bits per heavy atom. The van der Waals surface area contributed by atoms with Crippen LogP contribution in [0.2, 0.25) is 0 Å². The van der Waals surface area contributed by atoms with Crippen LogP contribution < -0.4 is 21.7 Å². The number of para-hydroxylation sites is 2. The summed E-state index contributed by atoms with van der Waals surface area (Å²) in [6.07, 6.45) is 13.6. The summed E-state index contributed by atoms with van der Waals surface area (Å²) in [4.78, 5) is 13.8. The fourth-order valence-corrected chi connectivity index (χ4v) is 7.76. The fourth-order valence-electron chi connectivity index (χ4n) is 7.76. The highest BCUT2D eigenvalue weighted by Gasteiger charge is 2.52. The Morgan fingerprint density at radius 1 is 0.786 bits per heavy atom. The van der Waals surface area contributed by atoms with Crippen LogP contribution in [0.1, 0.15) is 99.3 Å². The first-order chi connectivity index (χ1) is 20.0. The maximum absolute atomic E-state index is 13.8. The number of halogens is 1. The monoisotopic (exact) mass is 631 g/mol. The molecule has 4 atom stereocenters. The fraction of sp³-hybridized carbons (Fsp3) is 0.486. The molecule has 0 spiro atoms. The number of fused-ring (bicyclic) bond motifs is 4. The van der Waals surface area contributed by atoms with Crippen LogP contribution in [-0.2, 0) is 22.5 Å². The average molecular weight is 633 g/mol. The first-order valence-corrected chi connectivity index (χ1v) is 16.0. The molecule has 0 radical (unpaired) electrons. The quantitative estimate of drug-likeness (QED) is 0.154. The van der Waals surface area contributed by atoms with Crippen molar-refractivity contribution >= 4 is 5.97 Å². The Bertz CT molecular complexity index is 1280. The highest BCUT2D eigenvalue weighted by atomic mass is 79.9. The lowest BCUT2D eigenvalue weighted by Crippen LogP contribution is -3.00. The summed E-state index contributed by atoms with van der Waals surface area (Å²) in [6.45, 7) is 3.34. The lowest BCUT2D eigenvalue weighted by Gasteiger charge is -2.47. The molecule has 0 aromatic heterocycles. The standard InChI is InChI=1S/C37H46NO3.BrH/c1-3-4-5-6-7-8-13-27-18-20-28(21-19-27)26-38(2)29-22-23-30(38)25-31(24-29)40-37(39)36-32-14-9-11-16-34(32)41-35-17-12-10-15-33(35)36;/h9-12,14-21,29-31,36H,3-8,13,22-26H2,1-2H3;1H/q+1;/p-1/t29-,30+,31?,38?;. The zero-order valence-electron chi connectivity index (χ0n) is 25.3. The van der Waals surface area contributed by atoms with E-state index in [1.54, 1.807) is 0 Å². The number of nitrogens with zero attached hydrogens (tertiary/aromatic N) is 1. The van der Waals surface area contributed by atoms with Gasteiger partial charge in [-0.05, 0) is 30.5 Å². The van der Waals surface area contributed by atoms with Crippen LogP contribution in [0, 0.1) is 0 Å². The number of hydrogen-bond acceptors (Lipinski definition) is 3.